The van der Waals surface area contributed by atoms with Crippen molar-refractivity contribution in [3.63, 3.8) is 0 Å². The summed E-state index contributed by atoms with van der Waals surface area (Å²) in [5, 5.41) is 18.2. The van der Waals surface area contributed by atoms with E-state index in [4.69, 9.17) is 9.47 Å². The van der Waals surface area contributed by atoms with Crippen LogP contribution in [0.3, 0.4) is 0 Å². The molecule has 2 heterocycles. The van der Waals surface area contributed by atoms with E-state index in [9.17, 15) is 19.5 Å². The van der Waals surface area contributed by atoms with Crippen LogP contribution < -0.4 is 15.4 Å². The van der Waals surface area contributed by atoms with Crippen LogP contribution in [-0.4, -0.2) is 89.3 Å². The number of aromatic nitrogens is 1. The monoisotopic (exact) mass is 681 g/mol. The lowest BCUT2D eigenvalue weighted by Gasteiger charge is -2.35. The zero-order valence-electron chi connectivity index (χ0n) is 29.2. The lowest BCUT2D eigenvalue weighted by Crippen LogP contribution is -2.48. The number of carbonyl (C=O) groups excluding carboxylic acids is 3. The van der Waals surface area contributed by atoms with E-state index < -0.39 is 12.1 Å². The van der Waals surface area contributed by atoms with Crippen molar-refractivity contribution in [1.29, 1.82) is 0 Å². The van der Waals surface area contributed by atoms with Gasteiger partial charge in [0.2, 0.25) is 0 Å². The van der Waals surface area contributed by atoms with Crippen molar-refractivity contribution in [2.24, 2.45) is 5.92 Å². The first kappa shape index (κ1) is 36.3. The molecular weight excluding hydrogens is 634 g/mol. The first-order valence-electron chi connectivity index (χ1n) is 17.2. The van der Waals surface area contributed by atoms with E-state index >= 15 is 0 Å². The zero-order chi connectivity index (χ0) is 35.6. The fraction of sp³-hybridized carbons (Fsp3) is 0.385. The second kappa shape index (κ2) is 17.1. The summed E-state index contributed by atoms with van der Waals surface area (Å²) in [5.41, 5.74) is 1.86. The van der Waals surface area contributed by atoms with Crippen LogP contribution in [0, 0.1) is 5.92 Å². The van der Waals surface area contributed by atoms with Gasteiger partial charge in [0.15, 0.2) is 0 Å². The maximum absolute atomic E-state index is 14.4. The molecule has 264 valence electrons. The van der Waals surface area contributed by atoms with Crippen LogP contribution >= 0.6 is 0 Å². The summed E-state index contributed by atoms with van der Waals surface area (Å²) in [6, 6.07) is 21.1. The molecule has 1 aliphatic heterocycles. The maximum Gasteiger partial charge on any atom is 0.321 e. The van der Waals surface area contributed by atoms with Crippen molar-refractivity contribution < 1.29 is 29.0 Å². The van der Waals surface area contributed by atoms with Crippen molar-refractivity contribution >= 4 is 40.0 Å². The topological polar surface area (TPSA) is 133 Å². The normalized spacial score (nSPS) is 19.4. The van der Waals surface area contributed by atoms with E-state index in [1.807, 2.05) is 56.3 Å². The van der Waals surface area contributed by atoms with Gasteiger partial charge < -0.3 is 35.0 Å². The van der Waals surface area contributed by atoms with Crippen LogP contribution in [0.25, 0.3) is 10.8 Å². The largest absolute Gasteiger partial charge is 0.490 e. The van der Waals surface area contributed by atoms with Gasteiger partial charge in [-0.05, 0) is 74.9 Å². The average molecular weight is 682 g/mol. The highest BCUT2D eigenvalue weighted by Gasteiger charge is 2.31. The van der Waals surface area contributed by atoms with Gasteiger partial charge in [-0.2, -0.15) is 0 Å². The molecule has 4 amide bonds. The number of hydrogen-bond acceptors (Lipinski definition) is 7. The van der Waals surface area contributed by atoms with Gasteiger partial charge >= 0.3 is 6.03 Å². The summed E-state index contributed by atoms with van der Waals surface area (Å²) in [5.74, 6) is -0.500. The molecule has 11 heteroatoms. The number of anilines is 2. The number of hydrogen-bond donors (Lipinski definition) is 3. The van der Waals surface area contributed by atoms with Crippen molar-refractivity contribution in [1.82, 2.24) is 14.8 Å². The number of pyridine rings is 1. The number of ether oxygens (including phenoxy) is 2. The van der Waals surface area contributed by atoms with Gasteiger partial charge in [0, 0.05) is 61.7 Å². The van der Waals surface area contributed by atoms with E-state index in [0.717, 1.165) is 35.7 Å². The number of nitrogens with zero attached hydrogens (tertiary/aromatic N) is 3. The second-order valence-electron chi connectivity index (χ2n) is 13.0. The Morgan fingerprint density at radius 1 is 1.02 bits per heavy atom. The van der Waals surface area contributed by atoms with E-state index in [-0.39, 0.29) is 55.1 Å². The Balaban J connectivity index is 1.38. The molecule has 3 N–H and O–H groups in total. The molecule has 4 atom stereocenters. The SMILES string of the molecule is C[C@H](CO)N1C[C@H](C)[C@@H](CN(C)C(=O)Nc2cccc3ccccc23)OCCCC[C@H](C)Oc2ccc(NC(=O)c3ccncc3)cc2C1=O. The number of aliphatic hydroxyl groups excluding tert-OH is 1. The fourth-order valence-corrected chi connectivity index (χ4v) is 6.07. The second-order valence-corrected chi connectivity index (χ2v) is 13.0. The van der Waals surface area contributed by atoms with Gasteiger partial charge in [0.25, 0.3) is 11.8 Å². The number of likely N-dealkylation sites (N-methyl/N-ethyl adjacent to an activating group) is 1. The van der Waals surface area contributed by atoms with Crippen LogP contribution in [-0.2, 0) is 4.74 Å². The molecule has 3 aromatic carbocycles. The molecule has 0 aliphatic carbocycles. The number of carbonyl (C=O) groups is 3. The van der Waals surface area contributed by atoms with Gasteiger partial charge in [-0.15, -0.1) is 0 Å². The first-order chi connectivity index (χ1) is 24.1. The smallest absolute Gasteiger partial charge is 0.321 e. The van der Waals surface area contributed by atoms with Gasteiger partial charge in [-0.1, -0.05) is 43.3 Å². The Morgan fingerprint density at radius 2 is 1.78 bits per heavy atom. The van der Waals surface area contributed by atoms with Gasteiger partial charge in [0.05, 0.1) is 36.1 Å². The third kappa shape index (κ3) is 9.16. The molecule has 11 nitrogen and oxygen atoms in total. The Bertz CT molecular complexity index is 1760. The Labute approximate surface area is 293 Å². The molecule has 1 aliphatic rings. The van der Waals surface area contributed by atoms with Crippen LogP contribution in [0.1, 0.15) is 60.7 Å². The molecule has 0 radical (unpaired) electrons. The molecular formula is C39H47N5O6. The van der Waals surface area contributed by atoms with E-state index in [0.29, 0.717) is 23.6 Å². The highest BCUT2D eigenvalue weighted by Crippen LogP contribution is 2.29. The first-order valence-corrected chi connectivity index (χ1v) is 17.2. The number of aliphatic hydroxyl groups is 1. The number of nitrogens with one attached hydrogen (secondary N) is 2. The molecule has 0 unspecified atom stereocenters. The summed E-state index contributed by atoms with van der Waals surface area (Å²) >= 11 is 0. The highest BCUT2D eigenvalue weighted by atomic mass is 16.5. The van der Waals surface area contributed by atoms with Crippen LogP contribution in [0.5, 0.6) is 5.75 Å². The third-order valence-corrected chi connectivity index (χ3v) is 9.08. The van der Waals surface area contributed by atoms with Crippen LogP contribution in [0.2, 0.25) is 0 Å². The molecule has 50 heavy (non-hydrogen) atoms. The minimum Gasteiger partial charge on any atom is -0.490 e. The fourth-order valence-electron chi connectivity index (χ4n) is 6.07. The van der Waals surface area contributed by atoms with Crippen molar-refractivity contribution in [2.75, 3.05) is 44.0 Å². The summed E-state index contributed by atoms with van der Waals surface area (Å²) in [6.07, 6.45) is 4.87. The van der Waals surface area contributed by atoms with E-state index in [1.165, 1.54) is 0 Å². The molecule has 0 spiro atoms. The molecule has 0 saturated heterocycles. The Hall–Kier alpha value is -5.00. The molecule has 4 aromatic rings. The van der Waals surface area contributed by atoms with E-state index in [1.54, 1.807) is 66.5 Å². The van der Waals surface area contributed by atoms with E-state index in [2.05, 4.69) is 15.6 Å². The zero-order valence-corrected chi connectivity index (χ0v) is 29.2. The summed E-state index contributed by atoms with van der Waals surface area (Å²) in [4.78, 5) is 48.0. The Kier molecular flexibility index (Phi) is 12.4. The quantitative estimate of drug-likeness (QED) is 0.204. The number of fused-ring (bicyclic) bond motifs is 2. The summed E-state index contributed by atoms with van der Waals surface area (Å²) in [6.45, 7) is 6.49. The molecule has 5 rings (SSSR count). The summed E-state index contributed by atoms with van der Waals surface area (Å²) < 4.78 is 12.7. The van der Waals surface area contributed by atoms with Crippen LogP contribution in [0.4, 0.5) is 16.2 Å². The van der Waals surface area contributed by atoms with Crippen molar-refractivity contribution in [3.05, 3.63) is 96.3 Å². The summed E-state index contributed by atoms with van der Waals surface area (Å²) in [7, 11) is 1.73. The molecule has 0 fully saturated rings. The van der Waals surface area contributed by atoms with Gasteiger partial charge in [0.1, 0.15) is 5.75 Å². The lowest BCUT2D eigenvalue weighted by atomic mass is 10.0. The number of rotatable bonds is 7. The molecule has 0 saturated carbocycles. The van der Waals surface area contributed by atoms with Crippen LogP contribution in [0.15, 0.2) is 85.2 Å². The standard InChI is InChI=1S/C39H47N5O6/c1-26-23-44(27(2)25-45)38(47)33-22-31(41-37(46)30-17-19-40-20-18-30)15-16-35(33)50-28(3)10-7-8-21-49-36(26)24-43(4)39(48)42-34-14-9-12-29-11-5-6-13-32(29)34/h5-6,9,11-20,22,26-28,36,45H,7-8,10,21,23-25H2,1-4H3,(H,41,46)(H,42,48)/t26-,27+,28-,36+/m0/s1. The van der Waals surface area contributed by atoms with Gasteiger partial charge in [-0.25, -0.2) is 4.79 Å². The average Bonchev–Trinajstić information content (AvgIpc) is 3.13. The molecule has 0 bridgehead atoms. The van der Waals surface area contributed by atoms with Gasteiger partial charge in [-0.3, -0.25) is 14.6 Å². The minimum atomic E-state index is -0.536. The molecule has 1 aromatic heterocycles. The minimum absolute atomic E-state index is 0.191. The predicted octanol–water partition coefficient (Wildman–Crippen LogP) is 6.45. The highest BCUT2D eigenvalue weighted by molar-refractivity contribution is 6.05. The van der Waals surface area contributed by atoms with Crippen molar-refractivity contribution in [2.45, 2.75) is 58.3 Å². The number of amides is 4. The predicted molar refractivity (Wildman–Crippen MR) is 195 cm³/mol. The number of benzene rings is 3. The lowest BCUT2D eigenvalue weighted by molar-refractivity contribution is -0.0115. The third-order valence-electron chi connectivity index (χ3n) is 9.08. The van der Waals surface area contributed by atoms with Crippen molar-refractivity contribution in [3.8, 4) is 5.75 Å². The maximum atomic E-state index is 14.4. The number of urea groups is 1. The Morgan fingerprint density at radius 3 is 2.56 bits per heavy atom.